The number of rotatable bonds is 5. The van der Waals surface area contributed by atoms with E-state index in [1.165, 1.54) is 12.1 Å². The summed E-state index contributed by atoms with van der Waals surface area (Å²) in [5.74, 6) is 0.430. The number of halogens is 1. The molecule has 30 heavy (non-hydrogen) atoms. The molecule has 0 radical (unpaired) electrons. The van der Waals surface area contributed by atoms with Gasteiger partial charge in [0.15, 0.2) is 6.61 Å². The zero-order valence-electron chi connectivity index (χ0n) is 17.3. The zero-order valence-corrected chi connectivity index (χ0v) is 17.3. The highest BCUT2D eigenvalue weighted by Gasteiger charge is 2.32. The molecule has 0 N–H and O–H groups in total. The van der Waals surface area contributed by atoms with Gasteiger partial charge in [0.05, 0.1) is 5.52 Å². The summed E-state index contributed by atoms with van der Waals surface area (Å²) in [5.41, 5.74) is 1.97. The Morgan fingerprint density at radius 2 is 1.90 bits per heavy atom. The summed E-state index contributed by atoms with van der Waals surface area (Å²) in [5, 5.41) is 0.985. The van der Waals surface area contributed by atoms with Gasteiger partial charge in [0.2, 0.25) is 0 Å². The molecule has 2 heterocycles. The van der Waals surface area contributed by atoms with Crippen LogP contribution < -0.4 is 4.74 Å². The number of hydrogen-bond donors (Lipinski definition) is 0. The first-order valence-corrected chi connectivity index (χ1v) is 10.2. The highest BCUT2D eigenvalue weighted by Crippen LogP contribution is 2.21. The largest absolute Gasteiger partial charge is 0.484 e. The quantitative estimate of drug-likeness (QED) is 0.644. The van der Waals surface area contributed by atoms with E-state index in [0.717, 1.165) is 29.6 Å². The van der Waals surface area contributed by atoms with Crippen LogP contribution >= 0.6 is 0 Å². The summed E-state index contributed by atoms with van der Waals surface area (Å²) in [4.78, 5) is 21.3. The summed E-state index contributed by atoms with van der Waals surface area (Å²) in [6, 6.07) is 16.4. The number of ether oxygens (including phenoxy) is 1. The monoisotopic (exact) mass is 407 g/mol. The predicted molar refractivity (Wildman–Crippen MR) is 115 cm³/mol. The van der Waals surface area contributed by atoms with Crippen molar-refractivity contribution in [1.82, 2.24) is 14.8 Å². The molecule has 156 valence electrons. The standard InChI is InChI=1S/C24H26FN3O2/c1-17-14-28(18(2)13-27(17)15-19-5-7-21(25)8-6-19)24(29)16-30-22-9-10-23-20(12-22)4-3-11-26-23/h3-12,17-18H,13-16H2,1-2H3/t17-,18+/m1/s1. The topological polar surface area (TPSA) is 45.7 Å². The Balaban J connectivity index is 1.34. The number of piperazine rings is 1. The Morgan fingerprint density at radius 1 is 1.10 bits per heavy atom. The second-order valence-corrected chi connectivity index (χ2v) is 7.95. The Morgan fingerprint density at radius 3 is 2.70 bits per heavy atom. The number of benzene rings is 2. The molecule has 0 unspecified atom stereocenters. The molecule has 1 aliphatic heterocycles. The molecular formula is C24H26FN3O2. The number of amides is 1. The van der Waals surface area contributed by atoms with Gasteiger partial charge in [-0.1, -0.05) is 18.2 Å². The lowest BCUT2D eigenvalue weighted by Gasteiger charge is -2.44. The summed E-state index contributed by atoms with van der Waals surface area (Å²) in [7, 11) is 0. The Kier molecular flexibility index (Phi) is 5.95. The number of hydrogen-bond acceptors (Lipinski definition) is 4. The SMILES string of the molecule is C[C@@H]1CN(C(=O)COc2ccc3ncccc3c2)[C@@H](C)CN1Cc1ccc(F)cc1. The van der Waals surface area contributed by atoms with Crippen molar-refractivity contribution in [2.45, 2.75) is 32.5 Å². The number of fused-ring (bicyclic) bond motifs is 1. The minimum Gasteiger partial charge on any atom is -0.484 e. The molecule has 1 aromatic heterocycles. The van der Waals surface area contributed by atoms with Gasteiger partial charge in [0, 0.05) is 43.3 Å². The summed E-state index contributed by atoms with van der Waals surface area (Å²) < 4.78 is 18.9. The van der Waals surface area contributed by atoms with Crippen molar-refractivity contribution < 1.29 is 13.9 Å². The van der Waals surface area contributed by atoms with Crippen molar-refractivity contribution in [3.8, 4) is 5.75 Å². The van der Waals surface area contributed by atoms with Crippen LogP contribution in [0.3, 0.4) is 0 Å². The van der Waals surface area contributed by atoms with Crippen LogP contribution in [-0.4, -0.2) is 52.5 Å². The lowest BCUT2D eigenvalue weighted by molar-refractivity contribution is -0.139. The van der Waals surface area contributed by atoms with Gasteiger partial charge in [-0.3, -0.25) is 14.7 Å². The van der Waals surface area contributed by atoms with Gasteiger partial charge in [-0.15, -0.1) is 0 Å². The van der Waals surface area contributed by atoms with Crippen LogP contribution in [0.5, 0.6) is 5.75 Å². The van der Waals surface area contributed by atoms with E-state index in [4.69, 9.17) is 4.74 Å². The fourth-order valence-electron chi connectivity index (χ4n) is 3.96. The molecule has 0 saturated carbocycles. The first-order chi connectivity index (χ1) is 14.5. The number of nitrogens with zero attached hydrogens (tertiary/aromatic N) is 3. The smallest absolute Gasteiger partial charge is 0.260 e. The third-order valence-corrected chi connectivity index (χ3v) is 5.67. The summed E-state index contributed by atoms with van der Waals surface area (Å²) in [6.45, 7) is 6.35. The van der Waals surface area contributed by atoms with E-state index in [9.17, 15) is 9.18 Å². The lowest BCUT2D eigenvalue weighted by Crippen LogP contribution is -2.58. The molecule has 2 atom stereocenters. The predicted octanol–water partition coefficient (Wildman–Crippen LogP) is 3.87. The van der Waals surface area contributed by atoms with Crippen molar-refractivity contribution in [3.05, 3.63) is 72.2 Å². The molecule has 0 spiro atoms. The molecule has 3 aromatic rings. The lowest BCUT2D eigenvalue weighted by atomic mass is 10.1. The van der Waals surface area contributed by atoms with Crippen molar-refractivity contribution in [3.63, 3.8) is 0 Å². The average molecular weight is 407 g/mol. The van der Waals surface area contributed by atoms with Crippen LogP contribution in [0.15, 0.2) is 60.8 Å². The van der Waals surface area contributed by atoms with Gasteiger partial charge in [-0.25, -0.2) is 4.39 Å². The number of pyridine rings is 1. The number of carbonyl (C=O) groups is 1. The molecule has 2 aromatic carbocycles. The van der Waals surface area contributed by atoms with Crippen LogP contribution in [0.4, 0.5) is 4.39 Å². The van der Waals surface area contributed by atoms with Crippen molar-refractivity contribution >= 4 is 16.8 Å². The molecule has 5 nitrogen and oxygen atoms in total. The van der Waals surface area contributed by atoms with E-state index in [1.54, 1.807) is 6.20 Å². The second kappa shape index (κ2) is 8.79. The number of aromatic nitrogens is 1. The minimum atomic E-state index is -0.224. The highest BCUT2D eigenvalue weighted by atomic mass is 19.1. The summed E-state index contributed by atoms with van der Waals surface area (Å²) in [6.07, 6.45) is 1.75. The average Bonchev–Trinajstić information content (AvgIpc) is 2.75. The Labute approximate surface area is 176 Å². The molecule has 4 rings (SSSR count). The summed E-state index contributed by atoms with van der Waals surface area (Å²) >= 11 is 0. The molecule has 1 aliphatic rings. The Hall–Kier alpha value is -2.99. The van der Waals surface area contributed by atoms with Gasteiger partial charge in [-0.2, -0.15) is 0 Å². The normalized spacial score (nSPS) is 19.8. The van der Waals surface area contributed by atoms with Crippen LogP contribution in [0, 0.1) is 5.82 Å². The van der Waals surface area contributed by atoms with E-state index in [0.29, 0.717) is 12.3 Å². The fourth-order valence-corrected chi connectivity index (χ4v) is 3.96. The molecule has 1 amide bonds. The molecule has 6 heteroatoms. The maximum atomic E-state index is 13.1. The van der Waals surface area contributed by atoms with E-state index in [2.05, 4.69) is 23.7 Å². The zero-order chi connectivity index (χ0) is 21.1. The van der Waals surface area contributed by atoms with Crippen LogP contribution in [0.25, 0.3) is 10.9 Å². The van der Waals surface area contributed by atoms with E-state index >= 15 is 0 Å². The molecular weight excluding hydrogens is 381 g/mol. The van der Waals surface area contributed by atoms with Gasteiger partial charge in [0.25, 0.3) is 5.91 Å². The molecule has 0 bridgehead atoms. The van der Waals surface area contributed by atoms with Crippen molar-refractivity contribution in [2.24, 2.45) is 0 Å². The van der Waals surface area contributed by atoms with Gasteiger partial charge >= 0.3 is 0 Å². The maximum absolute atomic E-state index is 13.1. The number of carbonyl (C=O) groups excluding carboxylic acids is 1. The first kappa shape index (κ1) is 20.3. The molecule has 1 saturated heterocycles. The van der Waals surface area contributed by atoms with Crippen molar-refractivity contribution in [1.29, 1.82) is 0 Å². The minimum absolute atomic E-state index is 0.0120. The van der Waals surface area contributed by atoms with Crippen molar-refractivity contribution in [2.75, 3.05) is 19.7 Å². The van der Waals surface area contributed by atoms with Gasteiger partial charge in [0.1, 0.15) is 11.6 Å². The van der Waals surface area contributed by atoms with E-state index < -0.39 is 0 Å². The van der Waals surface area contributed by atoms with E-state index in [-0.39, 0.29) is 30.4 Å². The fraction of sp³-hybridized carbons (Fsp3) is 0.333. The Bertz CT molecular complexity index is 1020. The molecule has 0 aliphatic carbocycles. The van der Waals surface area contributed by atoms with Gasteiger partial charge in [-0.05, 0) is 55.8 Å². The second-order valence-electron chi connectivity index (χ2n) is 7.95. The first-order valence-electron chi connectivity index (χ1n) is 10.2. The van der Waals surface area contributed by atoms with Gasteiger partial charge < -0.3 is 9.64 Å². The van der Waals surface area contributed by atoms with Crippen LogP contribution in [0.2, 0.25) is 0 Å². The van der Waals surface area contributed by atoms with Crippen LogP contribution in [-0.2, 0) is 11.3 Å². The van der Waals surface area contributed by atoms with E-state index in [1.807, 2.05) is 47.4 Å². The van der Waals surface area contributed by atoms with Crippen LogP contribution in [0.1, 0.15) is 19.4 Å². The maximum Gasteiger partial charge on any atom is 0.260 e. The molecule has 1 fully saturated rings. The third-order valence-electron chi connectivity index (χ3n) is 5.67. The third kappa shape index (κ3) is 4.60. The highest BCUT2D eigenvalue weighted by molar-refractivity contribution is 5.81.